The number of alkyl halides is 1. The molecule has 0 aliphatic carbocycles. The highest BCUT2D eigenvalue weighted by atomic mass is 79.9. The van der Waals surface area contributed by atoms with E-state index in [1.807, 2.05) is 24.3 Å². The Morgan fingerprint density at radius 3 is 2.47 bits per heavy atom. The van der Waals surface area contributed by atoms with Crippen LogP contribution in [-0.2, 0) is 0 Å². The Kier molecular flexibility index (Phi) is 5.69. The Balaban J connectivity index is 2.53. The molecule has 0 aliphatic heterocycles. The molecule has 0 N–H and O–H groups in total. The number of ether oxygens (including phenoxy) is 1. The lowest BCUT2D eigenvalue weighted by Crippen LogP contribution is -2.19. The van der Waals surface area contributed by atoms with Crippen molar-refractivity contribution in [3.05, 3.63) is 28.7 Å². The molecule has 1 rings (SSSR count). The first-order chi connectivity index (χ1) is 7.15. The lowest BCUT2D eigenvalue weighted by molar-refractivity contribution is 0.226. The van der Waals surface area contributed by atoms with Gasteiger partial charge in [-0.3, -0.25) is 0 Å². The Labute approximate surface area is 108 Å². The third kappa shape index (κ3) is 4.15. The highest BCUT2D eigenvalue weighted by Crippen LogP contribution is 2.25. The van der Waals surface area contributed by atoms with Crippen LogP contribution in [0.2, 0.25) is 0 Å². The van der Waals surface area contributed by atoms with Crippen LogP contribution in [0.5, 0.6) is 5.75 Å². The Morgan fingerprint density at radius 2 is 1.93 bits per heavy atom. The van der Waals surface area contributed by atoms with Crippen LogP contribution in [0.3, 0.4) is 0 Å². The second-order valence-corrected chi connectivity index (χ2v) is 5.40. The van der Waals surface area contributed by atoms with Crippen molar-refractivity contribution >= 4 is 31.9 Å². The van der Waals surface area contributed by atoms with E-state index in [0.29, 0.717) is 11.8 Å². The fourth-order valence-electron chi connectivity index (χ4n) is 1.17. The van der Waals surface area contributed by atoms with E-state index in [0.717, 1.165) is 22.2 Å². The van der Waals surface area contributed by atoms with E-state index < -0.39 is 0 Å². The van der Waals surface area contributed by atoms with E-state index in [2.05, 4.69) is 45.7 Å². The van der Waals surface area contributed by atoms with Crippen molar-refractivity contribution in [1.29, 1.82) is 0 Å². The third-order valence-electron chi connectivity index (χ3n) is 2.43. The molecule has 0 radical (unpaired) electrons. The van der Waals surface area contributed by atoms with Gasteiger partial charge in [0.1, 0.15) is 5.75 Å². The summed E-state index contributed by atoms with van der Waals surface area (Å²) in [6.45, 7) is 5.19. The molecular weight excluding hydrogens is 320 g/mol. The van der Waals surface area contributed by atoms with Gasteiger partial charge in [-0.15, -0.1) is 0 Å². The van der Waals surface area contributed by atoms with E-state index >= 15 is 0 Å². The van der Waals surface area contributed by atoms with Gasteiger partial charge >= 0.3 is 0 Å². The molecule has 1 nitrogen and oxygen atoms in total. The van der Waals surface area contributed by atoms with Gasteiger partial charge in [-0.25, -0.2) is 0 Å². The molecular formula is C12H16Br2O. The van der Waals surface area contributed by atoms with Crippen LogP contribution < -0.4 is 4.74 Å². The molecule has 0 spiro atoms. The quantitative estimate of drug-likeness (QED) is 0.720. The number of benzene rings is 1. The summed E-state index contributed by atoms with van der Waals surface area (Å²) >= 11 is 6.99. The van der Waals surface area contributed by atoms with Crippen molar-refractivity contribution in [2.45, 2.75) is 13.8 Å². The predicted octanol–water partition coefficient (Wildman–Crippen LogP) is 4.50. The van der Waals surface area contributed by atoms with Crippen molar-refractivity contribution < 1.29 is 4.74 Å². The van der Waals surface area contributed by atoms with Gasteiger partial charge in [-0.2, -0.15) is 0 Å². The van der Waals surface area contributed by atoms with E-state index in [9.17, 15) is 0 Å². The number of rotatable bonds is 5. The van der Waals surface area contributed by atoms with Gasteiger partial charge in [0.25, 0.3) is 0 Å². The minimum Gasteiger partial charge on any atom is -0.492 e. The van der Waals surface area contributed by atoms with Gasteiger partial charge in [-0.1, -0.05) is 41.9 Å². The van der Waals surface area contributed by atoms with Crippen LogP contribution >= 0.6 is 31.9 Å². The highest BCUT2D eigenvalue weighted by molar-refractivity contribution is 9.10. The minimum atomic E-state index is 0.553. The number of hydrogen-bond donors (Lipinski definition) is 0. The minimum absolute atomic E-state index is 0.553. The summed E-state index contributed by atoms with van der Waals surface area (Å²) in [5, 5.41) is 0.981. The molecule has 0 amide bonds. The Hall–Kier alpha value is -0.0200. The van der Waals surface area contributed by atoms with Crippen LogP contribution in [0, 0.1) is 11.8 Å². The van der Waals surface area contributed by atoms with Crippen molar-refractivity contribution in [2.75, 3.05) is 11.9 Å². The number of para-hydroxylation sites is 1. The van der Waals surface area contributed by atoms with Gasteiger partial charge in [0.2, 0.25) is 0 Å². The van der Waals surface area contributed by atoms with Crippen molar-refractivity contribution in [1.82, 2.24) is 0 Å². The summed E-state index contributed by atoms with van der Waals surface area (Å²) in [6, 6.07) is 7.95. The molecule has 15 heavy (non-hydrogen) atoms. The SMILES string of the molecule is CC(C)C(CBr)COc1ccccc1Br. The molecule has 84 valence electrons. The molecule has 0 heterocycles. The summed E-state index contributed by atoms with van der Waals surface area (Å²) in [4.78, 5) is 0. The summed E-state index contributed by atoms with van der Waals surface area (Å²) in [7, 11) is 0. The normalized spacial score (nSPS) is 12.9. The van der Waals surface area contributed by atoms with Crippen molar-refractivity contribution in [3.63, 3.8) is 0 Å². The Bertz CT molecular complexity index is 299. The number of hydrogen-bond acceptors (Lipinski definition) is 1. The molecule has 1 aromatic rings. The van der Waals surface area contributed by atoms with E-state index in [-0.39, 0.29) is 0 Å². The monoisotopic (exact) mass is 334 g/mol. The van der Waals surface area contributed by atoms with Gasteiger partial charge in [0.15, 0.2) is 0 Å². The lowest BCUT2D eigenvalue weighted by Gasteiger charge is -2.19. The molecule has 3 heteroatoms. The first-order valence-corrected chi connectivity index (χ1v) is 7.00. The fourth-order valence-corrected chi connectivity index (χ4v) is 2.51. The first kappa shape index (κ1) is 13.0. The molecule has 1 atom stereocenters. The molecule has 0 saturated carbocycles. The predicted molar refractivity (Wildman–Crippen MR) is 71.8 cm³/mol. The second-order valence-electron chi connectivity index (χ2n) is 3.90. The summed E-state index contributed by atoms with van der Waals surface area (Å²) < 4.78 is 6.79. The standard InChI is InChI=1S/C12H16Br2O/c1-9(2)10(7-13)8-15-12-6-4-3-5-11(12)14/h3-6,9-10H,7-8H2,1-2H3. The van der Waals surface area contributed by atoms with E-state index in [1.165, 1.54) is 0 Å². The summed E-state index contributed by atoms with van der Waals surface area (Å²) in [5.74, 6) is 2.10. The fraction of sp³-hybridized carbons (Fsp3) is 0.500. The molecule has 0 saturated heterocycles. The van der Waals surface area contributed by atoms with Gasteiger partial charge in [-0.05, 0) is 34.0 Å². The van der Waals surface area contributed by atoms with E-state index in [4.69, 9.17) is 4.74 Å². The lowest BCUT2D eigenvalue weighted by atomic mass is 9.99. The van der Waals surface area contributed by atoms with Crippen LogP contribution in [0.4, 0.5) is 0 Å². The largest absolute Gasteiger partial charge is 0.492 e. The molecule has 0 bridgehead atoms. The third-order valence-corrected chi connectivity index (χ3v) is 3.92. The first-order valence-electron chi connectivity index (χ1n) is 5.08. The smallest absolute Gasteiger partial charge is 0.133 e. The van der Waals surface area contributed by atoms with Crippen molar-refractivity contribution in [2.24, 2.45) is 11.8 Å². The van der Waals surface area contributed by atoms with Gasteiger partial charge in [0.05, 0.1) is 11.1 Å². The summed E-state index contributed by atoms with van der Waals surface area (Å²) in [5.41, 5.74) is 0. The summed E-state index contributed by atoms with van der Waals surface area (Å²) in [6.07, 6.45) is 0. The maximum absolute atomic E-state index is 5.77. The maximum Gasteiger partial charge on any atom is 0.133 e. The van der Waals surface area contributed by atoms with Crippen LogP contribution in [0.25, 0.3) is 0 Å². The molecule has 1 aromatic carbocycles. The average molecular weight is 336 g/mol. The topological polar surface area (TPSA) is 9.23 Å². The number of halogens is 2. The zero-order valence-electron chi connectivity index (χ0n) is 9.04. The molecule has 1 unspecified atom stereocenters. The molecule has 0 aliphatic rings. The van der Waals surface area contributed by atoms with Crippen LogP contribution in [-0.4, -0.2) is 11.9 Å². The second kappa shape index (κ2) is 6.54. The van der Waals surface area contributed by atoms with E-state index in [1.54, 1.807) is 0 Å². The van der Waals surface area contributed by atoms with Crippen LogP contribution in [0.15, 0.2) is 28.7 Å². The van der Waals surface area contributed by atoms with Gasteiger partial charge in [0, 0.05) is 11.2 Å². The zero-order valence-corrected chi connectivity index (χ0v) is 12.2. The molecule has 0 fully saturated rings. The Morgan fingerprint density at radius 1 is 1.27 bits per heavy atom. The van der Waals surface area contributed by atoms with Crippen molar-refractivity contribution in [3.8, 4) is 5.75 Å². The maximum atomic E-state index is 5.77. The molecule has 0 aromatic heterocycles. The van der Waals surface area contributed by atoms with Crippen LogP contribution in [0.1, 0.15) is 13.8 Å². The zero-order chi connectivity index (χ0) is 11.3. The average Bonchev–Trinajstić information content (AvgIpc) is 2.21. The highest BCUT2D eigenvalue weighted by Gasteiger charge is 2.13. The van der Waals surface area contributed by atoms with Gasteiger partial charge < -0.3 is 4.74 Å².